The van der Waals surface area contributed by atoms with Gasteiger partial charge < -0.3 is 10.4 Å². The average molecular weight is 270 g/mol. The maximum atomic E-state index is 11.0. The van der Waals surface area contributed by atoms with Crippen molar-refractivity contribution < 1.29 is 9.90 Å². The minimum absolute atomic E-state index is 0.0981. The molecule has 2 N–H and O–H groups in total. The molecule has 1 saturated heterocycles. The summed E-state index contributed by atoms with van der Waals surface area (Å²) in [5.41, 5.74) is 0.706. The number of pyridine rings is 1. The van der Waals surface area contributed by atoms with Gasteiger partial charge in [0.05, 0.1) is 5.69 Å². The molecule has 1 unspecified atom stereocenters. The topological polar surface area (TPSA) is 62.2 Å². The van der Waals surface area contributed by atoms with Crippen LogP contribution in [-0.2, 0) is 0 Å². The molecular weight excluding hydrogens is 256 g/mol. The highest BCUT2D eigenvalue weighted by Crippen LogP contribution is 2.24. The van der Waals surface area contributed by atoms with Crippen LogP contribution < -0.4 is 5.32 Å². The van der Waals surface area contributed by atoms with Crippen molar-refractivity contribution in [1.29, 1.82) is 0 Å². The Bertz CT molecular complexity index is 395. The van der Waals surface area contributed by atoms with Crippen LogP contribution in [-0.4, -0.2) is 45.1 Å². The second-order valence-electron chi connectivity index (χ2n) is 3.65. The van der Waals surface area contributed by atoms with Gasteiger partial charge in [0, 0.05) is 35.3 Å². The average Bonchev–Trinajstić information content (AvgIpc) is 2.38. The maximum absolute atomic E-state index is 11.0. The van der Waals surface area contributed by atoms with Crippen molar-refractivity contribution in [3.63, 3.8) is 0 Å². The summed E-state index contributed by atoms with van der Waals surface area (Å²) in [4.78, 5) is 14.8. The van der Waals surface area contributed by atoms with Crippen molar-refractivity contribution in [3.05, 3.63) is 24.0 Å². The summed E-state index contributed by atoms with van der Waals surface area (Å²) >= 11 is 3.90. The van der Waals surface area contributed by atoms with E-state index in [-0.39, 0.29) is 5.69 Å². The number of hydrogen-bond acceptors (Lipinski definition) is 5. The molecule has 6 heteroatoms. The zero-order valence-corrected chi connectivity index (χ0v) is 10.9. The lowest BCUT2D eigenvalue weighted by Gasteiger charge is -2.21. The van der Waals surface area contributed by atoms with Crippen molar-refractivity contribution >= 4 is 35.2 Å². The Hall–Kier alpha value is -0.880. The van der Waals surface area contributed by atoms with E-state index in [0.717, 1.165) is 12.3 Å². The summed E-state index contributed by atoms with van der Waals surface area (Å²) in [7, 11) is 0. The first kappa shape index (κ1) is 12.6. The van der Waals surface area contributed by atoms with Gasteiger partial charge in [-0.3, -0.25) is 0 Å². The van der Waals surface area contributed by atoms with E-state index < -0.39 is 5.97 Å². The molecule has 0 spiro atoms. The van der Waals surface area contributed by atoms with Crippen LogP contribution in [0.1, 0.15) is 10.5 Å². The Kier molecular flexibility index (Phi) is 4.56. The van der Waals surface area contributed by atoms with Crippen LogP contribution in [0.4, 0.5) is 5.69 Å². The summed E-state index contributed by atoms with van der Waals surface area (Å²) in [6.45, 7) is 0.795. The van der Waals surface area contributed by atoms with Gasteiger partial charge in [-0.25, -0.2) is 9.78 Å². The molecule has 1 aromatic rings. The Labute approximate surface area is 109 Å². The quantitative estimate of drug-likeness (QED) is 0.873. The molecule has 1 atom stereocenters. The van der Waals surface area contributed by atoms with E-state index in [4.69, 9.17) is 5.11 Å². The molecule has 1 aromatic heterocycles. The van der Waals surface area contributed by atoms with Crippen LogP contribution in [0.15, 0.2) is 18.3 Å². The predicted octanol–water partition coefficient (Wildman–Crippen LogP) is 2.04. The Morgan fingerprint density at radius 3 is 3.18 bits per heavy atom. The van der Waals surface area contributed by atoms with E-state index in [1.165, 1.54) is 17.7 Å². The predicted molar refractivity (Wildman–Crippen MR) is 73.3 cm³/mol. The lowest BCUT2D eigenvalue weighted by Crippen LogP contribution is -2.24. The second kappa shape index (κ2) is 6.16. The van der Waals surface area contributed by atoms with Crippen molar-refractivity contribution in [2.45, 2.75) is 5.25 Å². The van der Waals surface area contributed by atoms with Crippen LogP contribution in [0.3, 0.4) is 0 Å². The number of rotatable bonds is 4. The first-order valence-electron chi connectivity index (χ1n) is 5.39. The molecule has 4 nitrogen and oxygen atoms in total. The standard InChI is InChI=1S/C11H14N2O2S2/c14-11(15)10-9(2-1-3-12-10)13-6-8-7-16-4-5-17-8/h1-3,8,13H,4-7H2,(H,14,15). The van der Waals surface area contributed by atoms with Gasteiger partial charge in [-0.15, -0.1) is 0 Å². The molecular formula is C11H14N2O2S2. The van der Waals surface area contributed by atoms with Gasteiger partial charge in [-0.05, 0) is 12.1 Å². The van der Waals surface area contributed by atoms with E-state index >= 15 is 0 Å². The van der Waals surface area contributed by atoms with Crippen LogP contribution in [0.25, 0.3) is 0 Å². The van der Waals surface area contributed by atoms with Gasteiger partial charge in [-0.1, -0.05) is 0 Å². The van der Waals surface area contributed by atoms with Gasteiger partial charge in [0.15, 0.2) is 5.69 Å². The number of thioether (sulfide) groups is 2. The van der Waals surface area contributed by atoms with Crippen LogP contribution in [0.2, 0.25) is 0 Å². The van der Waals surface area contributed by atoms with E-state index in [1.54, 1.807) is 12.1 Å². The summed E-state index contributed by atoms with van der Waals surface area (Å²) in [6, 6.07) is 3.51. The Balaban J connectivity index is 1.96. The molecule has 1 aliphatic heterocycles. The van der Waals surface area contributed by atoms with Gasteiger partial charge in [0.25, 0.3) is 0 Å². The summed E-state index contributed by atoms with van der Waals surface area (Å²) < 4.78 is 0. The van der Waals surface area contributed by atoms with E-state index in [0.29, 0.717) is 10.9 Å². The SMILES string of the molecule is O=C(O)c1ncccc1NCC1CSCCS1. The Morgan fingerprint density at radius 2 is 2.47 bits per heavy atom. The molecule has 1 fully saturated rings. The fourth-order valence-electron chi connectivity index (χ4n) is 1.60. The van der Waals surface area contributed by atoms with Gasteiger partial charge in [0.1, 0.15) is 0 Å². The van der Waals surface area contributed by atoms with E-state index in [9.17, 15) is 4.79 Å². The van der Waals surface area contributed by atoms with Crippen molar-refractivity contribution in [2.24, 2.45) is 0 Å². The summed E-state index contributed by atoms with van der Waals surface area (Å²) in [5.74, 6) is 2.53. The zero-order valence-electron chi connectivity index (χ0n) is 9.26. The van der Waals surface area contributed by atoms with Gasteiger partial charge in [-0.2, -0.15) is 23.5 Å². The lowest BCUT2D eigenvalue weighted by molar-refractivity contribution is 0.0691. The molecule has 2 rings (SSSR count). The monoisotopic (exact) mass is 270 g/mol. The molecule has 92 valence electrons. The number of anilines is 1. The van der Waals surface area contributed by atoms with Crippen molar-refractivity contribution in [2.75, 3.05) is 29.1 Å². The fraction of sp³-hybridized carbons (Fsp3) is 0.455. The minimum atomic E-state index is -0.987. The molecule has 1 aliphatic rings. The molecule has 0 aliphatic carbocycles. The first-order valence-corrected chi connectivity index (χ1v) is 7.59. The fourth-order valence-corrected chi connectivity index (χ4v) is 4.21. The largest absolute Gasteiger partial charge is 0.476 e. The second-order valence-corrected chi connectivity index (χ2v) is 6.21. The molecule has 2 heterocycles. The molecule has 0 radical (unpaired) electrons. The number of carboxylic acid groups (broad SMARTS) is 1. The normalized spacial score (nSPS) is 19.9. The van der Waals surface area contributed by atoms with Crippen LogP contribution >= 0.6 is 23.5 Å². The number of nitrogens with zero attached hydrogens (tertiary/aromatic N) is 1. The zero-order chi connectivity index (χ0) is 12.1. The highest BCUT2D eigenvalue weighted by Gasteiger charge is 2.16. The van der Waals surface area contributed by atoms with Gasteiger partial charge in [0.2, 0.25) is 0 Å². The highest BCUT2D eigenvalue weighted by molar-refractivity contribution is 8.06. The third-order valence-electron chi connectivity index (χ3n) is 2.42. The lowest BCUT2D eigenvalue weighted by atomic mass is 10.3. The summed E-state index contributed by atoms with van der Waals surface area (Å²) in [6.07, 6.45) is 1.50. The molecule has 0 saturated carbocycles. The van der Waals surface area contributed by atoms with Crippen molar-refractivity contribution in [1.82, 2.24) is 4.98 Å². The van der Waals surface area contributed by atoms with E-state index in [2.05, 4.69) is 10.3 Å². The smallest absolute Gasteiger partial charge is 0.356 e. The third kappa shape index (κ3) is 3.54. The van der Waals surface area contributed by atoms with E-state index in [1.807, 2.05) is 23.5 Å². The Morgan fingerprint density at radius 1 is 1.59 bits per heavy atom. The highest BCUT2D eigenvalue weighted by atomic mass is 32.2. The molecule has 0 aromatic carbocycles. The number of hydrogen-bond donors (Lipinski definition) is 2. The van der Waals surface area contributed by atoms with Crippen molar-refractivity contribution in [3.8, 4) is 0 Å². The third-order valence-corrected chi connectivity index (χ3v) is 5.26. The van der Waals surface area contributed by atoms with Gasteiger partial charge >= 0.3 is 5.97 Å². The number of carbonyl (C=O) groups is 1. The number of aromatic nitrogens is 1. The van der Waals surface area contributed by atoms with Crippen LogP contribution in [0, 0.1) is 0 Å². The molecule has 0 amide bonds. The maximum Gasteiger partial charge on any atom is 0.356 e. The number of aromatic carboxylic acids is 1. The molecule has 17 heavy (non-hydrogen) atoms. The minimum Gasteiger partial charge on any atom is -0.476 e. The number of carboxylic acids is 1. The van der Waals surface area contributed by atoms with Crippen LogP contribution in [0.5, 0.6) is 0 Å². The first-order chi connectivity index (χ1) is 8.27. The summed E-state index contributed by atoms with van der Waals surface area (Å²) in [5, 5.41) is 12.7. The molecule has 0 bridgehead atoms. The number of nitrogens with one attached hydrogen (secondary N) is 1.